The predicted molar refractivity (Wildman–Crippen MR) is 55.7 cm³/mol. The lowest BCUT2D eigenvalue weighted by molar-refractivity contribution is -0.130. The molecule has 1 aliphatic heterocycles. The van der Waals surface area contributed by atoms with Crippen LogP contribution in [-0.4, -0.2) is 30.1 Å². The molecule has 1 aliphatic carbocycles. The van der Waals surface area contributed by atoms with Gasteiger partial charge < -0.3 is 4.90 Å². The molecule has 0 bridgehead atoms. The fourth-order valence-electron chi connectivity index (χ4n) is 2.77. The Bertz CT molecular complexity index is 229. The monoisotopic (exact) mass is 196 g/mol. The van der Waals surface area contributed by atoms with E-state index in [1.54, 1.807) is 0 Å². The summed E-state index contributed by atoms with van der Waals surface area (Å²) in [5, 5.41) is 3.13. The van der Waals surface area contributed by atoms with E-state index in [1.165, 1.54) is 19.3 Å². The number of hydrogen-bond donors (Lipinski definition) is 1. The zero-order valence-corrected chi connectivity index (χ0v) is 9.12. The Morgan fingerprint density at radius 3 is 2.79 bits per heavy atom. The van der Waals surface area contributed by atoms with E-state index in [2.05, 4.69) is 19.2 Å². The summed E-state index contributed by atoms with van der Waals surface area (Å²) in [4.78, 5) is 13.6. The smallest absolute Gasteiger partial charge is 0.237 e. The molecule has 3 nitrogen and oxygen atoms in total. The van der Waals surface area contributed by atoms with Gasteiger partial charge in [0.1, 0.15) is 0 Å². The number of carbonyl (C=O) groups is 1. The summed E-state index contributed by atoms with van der Waals surface area (Å²) in [5.74, 6) is 1.71. The van der Waals surface area contributed by atoms with Gasteiger partial charge in [-0.3, -0.25) is 10.1 Å². The van der Waals surface area contributed by atoms with Crippen molar-refractivity contribution in [2.45, 2.75) is 39.2 Å². The second-order valence-corrected chi connectivity index (χ2v) is 4.78. The zero-order valence-electron chi connectivity index (χ0n) is 9.12. The van der Waals surface area contributed by atoms with Crippen LogP contribution in [0, 0.1) is 11.8 Å². The van der Waals surface area contributed by atoms with E-state index in [4.69, 9.17) is 0 Å². The second-order valence-electron chi connectivity index (χ2n) is 4.78. The molecule has 1 heterocycles. The Balaban J connectivity index is 2.05. The van der Waals surface area contributed by atoms with E-state index in [1.807, 2.05) is 4.90 Å². The van der Waals surface area contributed by atoms with Crippen LogP contribution >= 0.6 is 0 Å². The van der Waals surface area contributed by atoms with Crippen LogP contribution in [0.1, 0.15) is 33.1 Å². The van der Waals surface area contributed by atoms with Crippen molar-refractivity contribution in [2.75, 3.05) is 13.2 Å². The standard InChI is InChI=1S/C11H20N2O/c1-8-4-3-5-10(9(8)2)13-7-12-6-11(13)14/h8-10,12H,3-7H2,1-2H3. The van der Waals surface area contributed by atoms with Crippen molar-refractivity contribution < 1.29 is 4.79 Å². The maximum absolute atomic E-state index is 11.6. The van der Waals surface area contributed by atoms with Crippen molar-refractivity contribution in [3.63, 3.8) is 0 Å². The van der Waals surface area contributed by atoms with Crippen molar-refractivity contribution >= 4 is 5.91 Å². The number of rotatable bonds is 1. The summed E-state index contributed by atoms with van der Waals surface area (Å²) < 4.78 is 0. The van der Waals surface area contributed by atoms with Gasteiger partial charge in [-0.2, -0.15) is 0 Å². The van der Waals surface area contributed by atoms with Crippen LogP contribution in [0.4, 0.5) is 0 Å². The lowest BCUT2D eigenvalue weighted by Gasteiger charge is -2.39. The lowest BCUT2D eigenvalue weighted by atomic mass is 9.77. The summed E-state index contributed by atoms with van der Waals surface area (Å²) in [5.41, 5.74) is 0. The third-order valence-corrected chi connectivity index (χ3v) is 3.94. The fourth-order valence-corrected chi connectivity index (χ4v) is 2.77. The Morgan fingerprint density at radius 1 is 1.36 bits per heavy atom. The molecule has 1 amide bonds. The molecule has 14 heavy (non-hydrogen) atoms. The molecule has 0 aromatic carbocycles. The number of nitrogens with zero attached hydrogens (tertiary/aromatic N) is 1. The minimum Gasteiger partial charge on any atom is -0.326 e. The van der Waals surface area contributed by atoms with E-state index in [0.717, 1.165) is 12.6 Å². The molecule has 2 aliphatic rings. The van der Waals surface area contributed by atoms with Gasteiger partial charge in [0.2, 0.25) is 5.91 Å². The van der Waals surface area contributed by atoms with Crippen LogP contribution in [0.5, 0.6) is 0 Å². The maximum Gasteiger partial charge on any atom is 0.237 e. The largest absolute Gasteiger partial charge is 0.326 e. The molecule has 3 atom stereocenters. The number of hydrogen-bond acceptors (Lipinski definition) is 2. The van der Waals surface area contributed by atoms with Gasteiger partial charge in [-0.25, -0.2) is 0 Å². The molecule has 2 fully saturated rings. The van der Waals surface area contributed by atoms with Crippen LogP contribution < -0.4 is 5.32 Å². The first-order valence-electron chi connectivity index (χ1n) is 5.70. The Labute approximate surface area is 85.8 Å². The van der Waals surface area contributed by atoms with Gasteiger partial charge in [-0.1, -0.05) is 26.7 Å². The molecule has 0 aromatic rings. The third kappa shape index (κ3) is 1.65. The van der Waals surface area contributed by atoms with Crippen LogP contribution in [0.3, 0.4) is 0 Å². The molecular weight excluding hydrogens is 176 g/mol. The summed E-state index contributed by atoms with van der Waals surface area (Å²) in [7, 11) is 0. The molecule has 0 radical (unpaired) electrons. The first kappa shape index (κ1) is 9.97. The third-order valence-electron chi connectivity index (χ3n) is 3.94. The van der Waals surface area contributed by atoms with Crippen molar-refractivity contribution in [3.8, 4) is 0 Å². The van der Waals surface area contributed by atoms with E-state index in [9.17, 15) is 4.79 Å². The van der Waals surface area contributed by atoms with Gasteiger partial charge in [0.15, 0.2) is 0 Å². The minimum atomic E-state index is 0.288. The summed E-state index contributed by atoms with van der Waals surface area (Å²) in [6.07, 6.45) is 3.80. The average molecular weight is 196 g/mol. The van der Waals surface area contributed by atoms with Crippen LogP contribution in [-0.2, 0) is 4.79 Å². The van der Waals surface area contributed by atoms with Crippen molar-refractivity contribution in [1.29, 1.82) is 0 Å². The second kappa shape index (κ2) is 3.89. The summed E-state index contributed by atoms with van der Waals surface area (Å²) >= 11 is 0. The lowest BCUT2D eigenvalue weighted by Crippen LogP contribution is -2.45. The van der Waals surface area contributed by atoms with E-state index in [0.29, 0.717) is 18.5 Å². The normalized spacial score (nSPS) is 39.1. The zero-order chi connectivity index (χ0) is 10.1. The highest BCUT2D eigenvalue weighted by Crippen LogP contribution is 2.33. The SMILES string of the molecule is CC1CCCC(N2CNCC2=O)C1C. The molecule has 3 heteroatoms. The van der Waals surface area contributed by atoms with E-state index in [-0.39, 0.29) is 5.91 Å². The Kier molecular flexibility index (Phi) is 2.77. The number of nitrogens with one attached hydrogen (secondary N) is 1. The summed E-state index contributed by atoms with van der Waals surface area (Å²) in [6.45, 7) is 5.91. The van der Waals surface area contributed by atoms with E-state index >= 15 is 0 Å². The number of carbonyl (C=O) groups excluding carboxylic acids is 1. The van der Waals surface area contributed by atoms with Crippen molar-refractivity contribution in [2.24, 2.45) is 11.8 Å². The molecule has 2 rings (SSSR count). The van der Waals surface area contributed by atoms with E-state index < -0.39 is 0 Å². The molecule has 1 N–H and O–H groups in total. The molecule has 0 spiro atoms. The molecule has 0 aromatic heterocycles. The first-order valence-corrected chi connectivity index (χ1v) is 5.70. The first-order chi connectivity index (χ1) is 6.70. The van der Waals surface area contributed by atoms with Gasteiger partial charge in [0.05, 0.1) is 13.2 Å². The van der Waals surface area contributed by atoms with Gasteiger partial charge in [-0.05, 0) is 18.3 Å². The highest BCUT2D eigenvalue weighted by atomic mass is 16.2. The maximum atomic E-state index is 11.6. The van der Waals surface area contributed by atoms with Gasteiger partial charge in [0.25, 0.3) is 0 Å². The molecule has 1 saturated heterocycles. The van der Waals surface area contributed by atoms with Gasteiger partial charge in [-0.15, -0.1) is 0 Å². The topological polar surface area (TPSA) is 32.3 Å². The Morgan fingerprint density at radius 2 is 2.14 bits per heavy atom. The predicted octanol–water partition coefficient (Wildman–Crippen LogP) is 1.20. The van der Waals surface area contributed by atoms with Crippen molar-refractivity contribution in [1.82, 2.24) is 10.2 Å². The fraction of sp³-hybridized carbons (Fsp3) is 0.909. The van der Waals surface area contributed by atoms with Crippen LogP contribution in [0.25, 0.3) is 0 Å². The highest BCUT2D eigenvalue weighted by molar-refractivity contribution is 5.80. The van der Waals surface area contributed by atoms with Crippen molar-refractivity contribution in [3.05, 3.63) is 0 Å². The van der Waals surface area contributed by atoms with Gasteiger partial charge in [0, 0.05) is 6.04 Å². The van der Waals surface area contributed by atoms with Gasteiger partial charge >= 0.3 is 0 Å². The highest BCUT2D eigenvalue weighted by Gasteiger charge is 2.35. The summed E-state index contributed by atoms with van der Waals surface area (Å²) in [6, 6.07) is 0.487. The average Bonchev–Trinajstić information content (AvgIpc) is 2.57. The quantitative estimate of drug-likeness (QED) is 0.683. The minimum absolute atomic E-state index is 0.288. The molecule has 1 saturated carbocycles. The van der Waals surface area contributed by atoms with Crippen LogP contribution in [0.2, 0.25) is 0 Å². The number of amides is 1. The molecule has 80 valence electrons. The Hall–Kier alpha value is -0.570. The molecule has 3 unspecified atom stereocenters. The van der Waals surface area contributed by atoms with Crippen LogP contribution in [0.15, 0.2) is 0 Å². The molecular formula is C11H20N2O.